The van der Waals surface area contributed by atoms with Crippen molar-refractivity contribution < 1.29 is 14.4 Å². The van der Waals surface area contributed by atoms with Crippen LogP contribution in [-0.4, -0.2) is 47.1 Å². The van der Waals surface area contributed by atoms with Gasteiger partial charge in [-0.2, -0.15) is 0 Å². The Balaban J connectivity index is 4.12. The summed E-state index contributed by atoms with van der Waals surface area (Å²) in [6, 6.07) is 0. The van der Waals surface area contributed by atoms with Gasteiger partial charge in [-0.15, -0.1) is 11.6 Å². The number of carbonyl (C=O) groups is 1. The lowest BCUT2D eigenvalue weighted by Gasteiger charge is -2.36. The molecule has 0 bridgehead atoms. The van der Waals surface area contributed by atoms with E-state index in [1.54, 1.807) is 0 Å². The van der Waals surface area contributed by atoms with Gasteiger partial charge in [0.1, 0.15) is 5.38 Å². The summed E-state index contributed by atoms with van der Waals surface area (Å²) in [5, 5.41) is 7.92. The minimum atomic E-state index is -0.909. The fourth-order valence-electron chi connectivity index (χ4n) is 1.66. The first-order valence-electron chi connectivity index (χ1n) is 5.23. The molecule has 0 aliphatic heterocycles. The minimum Gasteiger partial charge on any atom is -0.480 e. The molecule has 1 N–H and O–H groups in total. The van der Waals surface area contributed by atoms with E-state index in [0.717, 1.165) is 30.7 Å². The zero-order valence-electron chi connectivity index (χ0n) is 9.29. The number of hydrogen-bond acceptors (Lipinski definition) is 1. The summed E-state index contributed by atoms with van der Waals surface area (Å²) >= 11 is 5.68. The van der Waals surface area contributed by atoms with E-state index in [1.165, 1.54) is 0 Å². The lowest BCUT2D eigenvalue weighted by molar-refractivity contribution is -0.923. The largest absolute Gasteiger partial charge is 0.480 e. The van der Waals surface area contributed by atoms with E-state index >= 15 is 0 Å². The molecule has 3 nitrogen and oxygen atoms in total. The van der Waals surface area contributed by atoms with Gasteiger partial charge in [-0.25, -0.2) is 0 Å². The molecule has 0 aliphatic rings. The van der Waals surface area contributed by atoms with E-state index in [4.69, 9.17) is 16.7 Å². The second kappa shape index (κ2) is 6.25. The van der Waals surface area contributed by atoms with E-state index in [2.05, 4.69) is 20.8 Å². The van der Waals surface area contributed by atoms with Crippen LogP contribution in [-0.2, 0) is 4.79 Å². The predicted octanol–water partition coefficient (Wildman–Crippen LogP) is 1.95. The molecular weight excluding hydrogens is 202 g/mol. The normalized spacial score (nSPS) is 14.0. The molecular formula is C10H21ClNO2+. The van der Waals surface area contributed by atoms with Gasteiger partial charge in [0.15, 0.2) is 0 Å². The van der Waals surface area contributed by atoms with Crippen molar-refractivity contribution in [3.8, 4) is 0 Å². The standard InChI is InChI=1S/C10H20ClNO2/c1-4-12(5-2,6-3)8-7-9(11)10(13)14/h9H,4-8H2,1-3H3/p+1. The van der Waals surface area contributed by atoms with E-state index in [9.17, 15) is 4.79 Å². The Labute approximate surface area is 91.3 Å². The first-order valence-corrected chi connectivity index (χ1v) is 5.67. The van der Waals surface area contributed by atoms with E-state index in [-0.39, 0.29) is 0 Å². The van der Waals surface area contributed by atoms with Crippen LogP contribution in [0.5, 0.6) is 0 Å². The average molecular weight is 223 g/mol. The second-order valence-electron chi connectivity index (χ2n) is 3.61. The Kier molecular flexibility index (Phi) is 6.12. The fraction of sp³-hybridized carbons (Fsp3) is 0.900. The molecule has 0 aromatic carbocycles. The van der Waals surface area contributed by atoms with Gasteiger partial charge in [-0.3, -0.25) is 4.79 Å². The van der Waals surface area contributed by atoms with Crippen LogP contribution in [0.2, 0.25) is 0 Å². The third-order valence-corrected chi connectivity index (χ3v) is 3.54. The molecule has 0 spiro atoms. The van der Waals surface area contributed by atoms with Gasteiger partial charge in [0, 0.05) is 6.42 Å². The van der Waals surface area contributed by atoms with Crippen LogP contribution in [0.4, 0.5) is 0 Å². The number of carboxylic acid groups (broad SMARTS) is 1. The fourth-order valence-corrected chi connectivity index (χ4v) is 1.75. The summed E-state index contributed by atoms with van der Waals surface area (Å²) in [6.45, 7) is 10.4. The number of alkyl halides is 1. The topological polar surface area (TPSA) is 37.3 Å². The van der Waals surface area contributed by atoms with Gasteiger partial charge in [0.2, 0.25) is 0 Å². The Hall–Kier alpha value is -0.280. The zero-order valence-corrected chi connectivity index (χ0v) is 10.0. The van der Waals surface area contributed by atoms with Crippen LogP contribution < -0.4 is 0 Å². The number of quaternary nitrogens is 1. The monoisotopic (exact) mass is 222 g/mol. The first kappa shape index (κ1) is 13.7. The molecule has 0 radical (unpaired) electrons. The summed E-state index contributed by atoms with van der Waals surface area (Å²) < 4.78 is 0.955. The van der Waals surface area contributed by atoms with Crippen LogP contribution >= 0.6 is 11.6 Å². The smallest absolute Gasteiger partial charge is 0.321 e. The Bertz CT molecular complexity index is 173. The Morgan fingerprint density at radius 2 is 1.71 bits per heavy atom. The van der Waals surface area contributed by atoms with Crippen molar-refractivity contribution in [2.45, 2.75) is 32.6 Å². The number of aliphatic carboxylic acids is 1. The van der Waals surface area contributed by atoms with Gasteiger partial charge in [-0.1, -0.05) is 0 Å². The summed E-state index contributed by atoms with van der Waals surface area (Å²) in [4.78, 5) is 10.5. The van der Waals surface area contributed by atoms with Crippen molar-refractivity contribution in [3.63, 3.8) is 0 Å². The van der Waals surface area contributed by atoms with Gasteiger partial charge in [-0.05, 0) is 20.8 Å². The molecule has 0 fully saturated rings. The lowest BCUT2D eigenvalue weighted by atomic mass is 10.2. The van der Waals surface area contributed by atoms with Crippen LogP contribution in [0.25, 0.3) is 0 Å². The summed E-state index contributed by atoms with van der Waals surface area (Å²) in [5.74, 6) is -0.909. The third-order valence-electron chi connectivity index (χ3n) is 3.14. The van der Waals surface area contributed by atoms with Crippen molar-refractivity contribution in [1.82, 2.24) is 0 Å². The summed E-state index contributed by atoms with van der Waals surface area (Å²) in [6.07, 6.45) is 0.548. The number of hydrogen-bond donors (Lipinski definition) is 1. The highest BCUT2D eigenvalue weighted by molar-refractivity contribution is 6.29. The van der Waals surface area contributed by atoms with Crippen molar-refractivity contribution >= 4 is 17.6 Å². The maximum absolute atomic E-state index is 10.5. The highest BCUT2D eigenvalue weighted by Crippen LogP contribution is 2.11. The predicted molar refractivity (Wildman–Crippen MR) is 58.6 cm³/mol. The summed E-state index contributed by atoms with van der Waals surface area (Å²) in [5.41, 5.74) is 0. The van der Waals surface area contributed by atoms with E-state index in [0.29, 0.717) is 6.42 Å². The lowest BCUT2D eigenvalue weighted by Crippen LogP contribution is -2.49. The first-order chi connectivity index (χ1) is 6.51. The van der Waals surface area contributed by atoms with Crippen molar-refractivity contribution in [2.24, 2.45) is 0 Å². The highest BCUT2D eigenvalue weighted by atomic mass is 35.5. The number of rotatable bonds is 7. The second-order valence-corrected chi connectivity index (χ2v) is 4.14. The Morgan fingerprint density at radius 1 is 1.29 bits per heavy atom. The van der Waals surface area contributed by atoms with Gasteiger partial charge in [0.05, 0.1) is 26.2 Å². The number of halogens is 1. The number of nitrogens with zero attached hydrogens (tertiary/aromatic N) is 1. The SMILES string of the molecule is CC[N+](CC)(CC)CCC(Cl)C(=O)O. The molecule has 4 heteroatoms. The van der Waals surface area contributed by atoms with Crippen LogP contribution in [0.3, 0.4) is 0 Å². The molecule has 0 aliphatic carbocycles. The highest BCUT2D eigenvalue weighted by Gasteiger charge is 2.24. The van der Waals surface area contributed by atoms with Crippen LogP contribution in [0, 0.1) is 0 Å². The molecule has 0 heterocycles. The molecule has 0 saturated heterocycles. The molecule has 0 saturated carbocycles. The third kappa shape index (κ3) is 3.84. The van der Waals surface area contributed by atoms with Crippen molar-refractivity contribution in [2.75, 3.05) is 26.2 Å². The van der Waals surface area contributed by atoms with Gasteiger partial charge in [0.25, 0.3) is 0 Å². The van der Waals surface area contributed by atoms with Crippen molar-refractivity contribution in [1.29, 1.82) is 0 Å². The summed E-state index contributed by atoms with van der Waals surface area (Å²) in [7, 11) is 0. The molecule has 0 rings (SSSR count). The molecule has 0 aromatic rings. The molecule has 1 atom stereocenters. The maximum Gasteiger partial charge on any atom is 0.321 e. The van der Waals surface area contributed by atoms with Gasteiger partial charge < -0.3 is 9.59 Å². The number of carboxylic acids is 1. The zero-order chi connectivity index (χ0) is 11.2. The molecule has 1 unspecified atom stereocenters. The molecule has 0 aromatic heterocycles. The van der Waals surface area contributed by atoms with Gasteiger partial charge >= 0.3 is 5.97 Å². The minimum absolute atomic E-state index is 0.548. The molecule has 84 valence electrons. The van der Waals surface area contributed by atoms with Crippen LogP contribution in [0.1, 0.15) is 27.2 Å². The van der Waals surface area contributed by atoms with Crippen LogP contribution in [0.15, 0.2) is 0 Å². The average Bonchev–Trinajstić information content (AvgIpc) is 2.20. The van der Waals surface area contributed by atoms with E-state index in [1.807, 2.05) is 0 Å². The quantitative estimate of drug-likeness (QED) is 0.528. The molecule has 14 heavy (non-hydrogen) atoms. The molecule has 0 amide bonds. The Morgan fingerprint density at radius 3 is 2.00 bits per heavy atom. The van der Waals surface area contributed by atoms with E-state index < -0.39 is 11.3 Å². The van der Waals surface area contributed by atoms with Crippen molar-refractivity contribution in [3.05, 3.63) is 0 Å². The maximum atomic E-state index is 10.5.